The molecule has 0 saturated heterocycles. The van der Waals surface area contributed by atoms with E-state index in [1.54, 1.807) is 25.6 Å². The van der Waals surface area contributed by atoms with Crippen LogP contribution in [0.5, 0.6) is 0 Å². The molecule has 0 radical (unpaired) electrons. The number of nitrogens with zero attached hydrogens (tertiary/aromatic N) is 1. The summed E-state index contributed by atoms with van der Waals surface area (Å²) in [6.45, 7) is 9.51. The molecule has 1 N–H and O–H groups in total. The second kappa shape index (κ2) is 8.43. The highest BCUT2D eigenvalue weighted by Gasteiger charge is 2.42. The molecule has 1 aliphatic rings. The summed E-state index contributed by atoms with van der Waals surface area (Å²) in [5.74, 6) is -0.980. The number of rotatable bonds is 6. The quantitative estimate of drug-likeness (QED) is 0.651. The zero-order valence-corrected chi connectivity index (χ0v) is 19.4. The molecular weight excluding hydrogens is 420 g/mol. The zero-order chi connectivity index (χ0) is 22.2. The van der Waals surface area contributed by atoms with Crippen molar-refractivity contribution in [3.8, 4) is 0 Å². The Kier molecular flexibility index (Phi) is 6.29. The number of hydrogen-bond donors (Lipinski definition) is 1. The number of benzene rings is 2. The number of carbonyl (C=O) groups is 2. The predicted molar refractivity (Wildman–Crippen MR) is 120 cm³/mol. The zero-order valence-electron chi connectivity index (χ0n) is 17.7. The van der Waals surface area contributed by atoms with E-state index in [0.29, 0.717) is 10.9 Å². The number of carbonyl (C=O) groups excluding carboxylic acids is 2. The van der Waals surface area contributed by atoms with Crippen LogP contribution >= 0.6 is 11.8 Å². The van der Waals surface area contributed by atoms with Crippen LogP contribution in [0, 0.1) is 6.92 Å². The smallest absolute Gasteiger partial charge is 0.269 e. The summed E-state index contributed by atoms with van der Waals surface area (Å²) >= 11 is 1.78. The Morgan fingerprint density at radius 3 is 2.43 bits per heavy atom. The summed E-state index contributed by atoms with van der Waals surface area (Å²) in [5.41, 5.74) is 1.87. The number of aryl methyl sites for hydroxylation is 1. The minimum absolute atomic E-state index is 0.0999. The highest BCUT2D eigenvalue weighted by atomic mass is 32.2. The number of nitrogens with one attached hydrogen (secondary N) is 1. The molecule has 160 valence electrons. The van der Waals surface area contributed by atoms with E-state index in [9.17, 15) is 18.0 Å². The van der Waals surface area contributed by atoms with E-state index in [1.165, 1.54) is 18.2 Å². The molecule has 2 aromatic rings. The van der Waals surface area contributed by atoms with Crippen LogP contribution < -0.4 is 5.32 Å². The van der Waals surface area contributed by atoms with E-state index in [4.69, 9.17) is 0 Å². The molecule has 1 unspecified atom stereocenters. The van der Waals surface area contributed by atoms with Crippen LogP contribution in [0.4, 0.5) is 5.69 Å². The van der Waals surface area contributed by atoms with Crippen LogP contribution in [0.3, 0.4) is 0 Å². The first-order chi connectivity index (χ1) is 14.1. The van der Waals surface area contributed by atoms with Gasteiger partial charge in [0.15, 0.2) is 0 Å². The monoisotopic (exact) mass is 446 g/mol. The largest absolute Gasteiger partial charge is 0.322 e. The molecule has 1 aliphatic heterocycles. The van der Waals surface area contributed by atoms with Crippen LogP contribution in [0.25, 0.3) is 0 Å². The lowest BCUT2D eigenvalue weighted by Crippen LogP contribution is -2.36. The van der Waals surface area contributed by atoms with Gasteiger partial charge in [0, 0.05) is 27.4 Å². The Labute approximate surface area is 182 Å². The van der Waals surface area contributed by atoms with E-state index in [2.05, 4.69) is 19.2 Å². The number of sulfonamides is 1. The third-order valence-corrected chi connectivity index (χ3v) is 8.30. The molecule has 2 amide bonds. The van der Waals surface area contributed by atoms with Gasteiger partial charge in [-0.2, -0.15) is 0 Å². The Morgan fingerprint density at radius 1 is 1.13 bits per heavy atom. The summed E-state index contributed by atoms with van der Waals surface area (Å²) < 4.78 is 26.3. The first-order valence-electron chi connectivity index (χ1n) is 9.87. The van der Waals surface area contributed by atoms with Crippen molar-refractivity contribution in [3.63, 3.8) is 0 Å². The molecule has 0 fully saturated rings. The second-order valence-electron chi connectivity index (χ2n) is 7.68. The van der Waals surface area contributed by atoms with Crippen LogP contribution in [-0.2, 0) is 10.0 Å². The van der Waals surface area contributed by atoms with Crippen molar-refractivity contribution in [1.29, 1.82) is 0 Å². The van der Waals surface area contributed by atoms with Crippen LogP contribution in [-0.4, -0.2) is 35.8 Å². The fourth-order valence-electron chi connectivity index (χ4n) is 3.26. The van der Waals surface area contributed by atoms with E-state index in [1.807, 2.05) is 25.1 Å². The predicted octanol–water partition coefficient (Wildman–Crippen LogP) is 4.69. The lowest BCUT2D eigenvalue weighted by molar-refractivity contribution is 0.0846. The van der Waals surface area contributed by atoms with Crippen molar-refractivity contribution in [3.05, 3.63) is 53.1 Å². The Balaban J connectivity index is 1.85. The molecule has 0 aromatic heterocycles. The van der Waals surface area contributed by atoms with Gasteiger partial charge in [-0.15, -0.1) is 11.8 Å². The van der Waals surface area contributed by atoms with Crippen LogP contribution in [0.2, 0.25) is 0 Å². The lowest BCUT2D eigenvalue weighted by Gasteiger charge is -2.18. The van der Waals surface area contributed by atoms with Gasteiger partial charge in [-0.3, -0.25) is 9.59 Å². The van der Waals surface area contributed by atoms with Crippen molar-refractivity contribution < 1.29 is 18.0 Å². The Morgan fingerprint density at radius 2 is 1.83 bits per heavy atom. The standard InChI is InChI=1S/C22H26N2O4S2/c1-6-15(5)29-17-8-10-19(14(4)11-17)23-21(25)16-7-9-18-20(12-16)30(27,28)24(13(2)3)22(18)26/h7-13,15H,6H2,1-5H3,(H,23,25). The average molecular weight is 447 g/mol. The van der Waals surface area contributed by atoms with Crippen molar-refractivity contribution in [2.24, 2.45) is 0 Å². The van der Waals surface area contributed by atoms with E-state index < -0.39 is 27.9 Å². The summed E-state index contributed by atoms with van der Waals surface area (Å²) in [4.78, 5) is 26.2. The molecule has 2 aromatic carbocycles. The third kappa shape index (κ3) is 4.11. The minimum atomic E-state index is -3.95. The lowest BCUT2D eigenvalue weighted by atomic mass is 10.1. The van der Waals surface area contributed by atoms with E-state index in [-0.39, 0.29) is 16.0 Å². The maximum Gasteiger partial charge on any atom is 0.269 e. The summed E-state index contributed by atoms with van der Waals surface area (Å²) in [6, 6.07) is 9.51. The second-order valence-corrected chi connectivity index (χ2v) is 11.0. The van der Waals surface area contributed by atoms with Crippen molar-refractivity contribution in [2.45, 2.75) is 62.1 Å². The fourth-order valence-corrected chi connectivity index (χ4v) is 6.07. The van der Waals surface area contributed by atoms with Gasteiger partial charge in [-0.05, 0) is 69.2 Å². The molecule has 0 saturated carbocycles. The number of amides is 2. The van der Waals surface area contributed by atoms with Gasteiger partial charge in [0.1, 0.15) is 4.90 Å². The van der Waals surface area contributed by atoms with Crippen LogP contribution in [0.15, 0.2) is 46.2 Å². The molecule has 0 aliphatic carbocycles. The minimum Gasteiger partial charge on any atom is -0.322 e. The van der Waals surface area contributed by atoms with Gasteiger partial charge < -0.3 is 5.32 Å². The topological polar surface area (TPSA) is 83.6 Å². The normalized spacial score (nSPS) is 15.9. The van der Waals surface area contributed by atoms with Crippen molar-refractivity contribution >= 4 is 39.3 Å². The molecule has 30 heavy (non-hydrogen) atoms. The average Bonchev–Trinajstić information content (AvgIpc) is 2.89. The first-order valence-corrected chi connectivity index (χ1v) is 12.2. The molecule has 0 bridgehead atoms. The van der Waals surface area contributed by atoms with Crippen LogP contribution in [0.1, 0.15) is 60.4 Å². The summed E-state index contributed by atoms with van der Waals surface area (Å²) in [6.07, 6.45) is 1.07. The van der Waals surface area contributed by atoms with Gasteiger partial charge in [0.2, 0.25) is 0 Å². The Hall–Kier alpha value is -2.32. The highest BCUT2D eigenvalue weighted by Crippen LogP contribution is 2.33. The molecule has 1 atom stereocenters. The maximum absolute atomic E-state index is 12.8. The van der Waals surface area contributed by atoms with Gasteiger partial charge >= 0.3 is 0 Å². The van der Waals surface area contributed by atoms with E-state index >= 15 is 0 Å². The highest BCUT2D eigenvalue weighted by molar-refractivity contribution is 8.00. The first kappa shape index (κ1) is 22.4. The maximum atomic E-state index is 12.8. The molecule has 1 heterocycles. The Bertz CT molecular complexity index is 1110. The molecule has 8 heteroatoms. The summed E-state index contributed by atoms with van der Waals surface area (Å²) in [7, 11) is -3.95. The van der Waals surface area contributed by atoms with Crippen molar-refractivity contribution in [1.82, 2.24) is 4.31 Å². The molecular formula is C22H26N2O4S2. The number of anilines is 1. The van der Waals surface area contributed by atoms with E-state index in [0.717, 1.165) is 21.2 Å². The summed E-state index contributed by atoms with van der Waals surface area (Å²) in [5, 5.41) is 3.35. The number of hydrogen-bond acceptors (Lipinski definition) is 5. The van der Waals surface area contributed by atoms with Gasteiger partial charge in [-0.25, -0.2) is 12.7 Å². The fraction of sp³-hybridized carbons (Fsp3) is 0.364. The van der Waals surface area contributed by atoms with Gasteiger partial charge in [-0.1, -0.05) is 13.8 Å². The van der Waals surface area contributed by atoms with Gasteiger partial charge in [0.25, 0.3) is 21.8 Å². The molecule has 0 spiro atoms. The number of thioether (sulfide) groups is 1. The SMILES string of the molecule is CCC(C)Sc1ccc(NC(=O)c2ccc3c(c2)S(=O)(=O)N(C(C)C)C3=O)c(C)c1. The molecule has 6 nitrogen and oxygen atoms in total. The van der Waals surface area contributed by atoms with Crippen molar-refractivity contribution in [2.75, 3.05) is 5.32 Å². The third-order valence-electron chi connectivity index (χ3n) is 5.04. The van der Waals surface area contributed by atoms with Gasteiger partial charge in [0.05, 0.1) is 5.56 Å². The number of fused-ring (bicyclic) bond motifs is 1. The molecule has 3 rings (SSSR count).